The molecule has 0 atom stereocenters. The van der Waals surface area contributed by atoms with E-state index in [2.05, 4.69) is 4.72 Å². The molecule has 2 aromatic rings. The predicted molar refractivity (Wildman–Crippen MR) is 87.0 cm³/mol. The second kappa shape index (κ2) is 6.99. The Balaban J connectivity index is 2.23. The zero-order valence-electron chi connectivity index (χ0n) is 12.2. The molecule has 0 aliphatic carbocycles. The van der Waals surface area contributed by atoms with E-state index in [0.717, 1.165) is 5.56 Å². The molecule has 0 saturated heterocycles. The molecule has 0 radical (unpaired) electrons. The monoisotopic (exact) mass is 354 g/mol. The maximum absolute atomic E-state index is 12.3. The fraction of sp³-hybridized carbons (Fsp3) is 0.133. The number of benzene rings is 2. The van der Waals surface area contributed by atoms with Crippen molar-refractivity contribution >= 4 is 27.5 Å². The number of methoxy groups -OCH3 is 1. The molecule has 3 N–H and O–H groups in total. The van der Waals surface area contributed by atoms with Gasteiger partial charge in [-0.3, -0.25) is 4.79 Å². The van der Waals surface area contributed by atoms with Gasteiger partial charge in [-0.2, -0.15) is 0 Å². The molecular formula is C15H15ClN2O4S. The van der Waals surface area contributed by atoms with Crippen molar-refractivity contribution in [2.24, 2.45) is 5.73 Å². The zero-order chi connectivity index (χ0) is 17.0. The van der Waals surface area contributed by atoms with E-state index in [-0.39, 0.29) is 22.8 Å². The highest BCUT2D eigenvalue weighted by Gasteiger charge is 2.18. The third kappa shape index (κ3) is 4.22. The molecule has 1 amide bonds. The van der Waals surface area contributed by atoms with Crippen LogP contribution in [-0.2, 0) is 16.6 Å². The second-order valence-electron chi connectivity index (χ2n) is 4.68. The van der Waals surface area contributed by atoms with Crippen LogP contribution >= 0.6 is 11.6 Å². The highest BCUT2D eigenvalue weighted by Crippen LogP contribution is 2.22. The lowest BCUT2D eigenvalue weighted by Crippen LogP contribution is -2.24. The largest absolute Gasteiger partial charge is 0.496 e. The van der Waals surface area contributed by atoms with Crippen molar-refractivity contribution in [1.82, 2.24) is 4.72 Å². The Morgan fingerprint density at radius 1 is 1.22 bits per heavy atom. The minimum absolute atomic E-state index is 0.00173. The summed E-state index contributed by atoms with van der Waals surface area (Å²) in [6, 6.07) is 10.7. The average molecular weight is 355 g/mol. The van der Waals surface area contributed by atoms with Crippen molar-refractivity contribution in [1.29, 1.82) is 0 Å². The molecule has 0 spiro atoms. The second-order valence-corrected chi connectivity index (χ2v) is 6.88. The Morgan fingerprint density at radius 3 is 2.43 bits per heavy atom. The first-order valence-electron chi connectivity index (χ1n) is 6.55. The molecule has 6 nitrogen and oxygen atoms in total. The number of carbonyl (C=O) groups excluding carboxylic acids is 1. The van der Waals surface area contributed by atoms with E-state index in [1.165, 1.54) is 25.3 Å². The summed E-state index contributed by atoms with van der Waals surface area (Å²) in [5.74, 6) is -0.550. The third-order valence-electron chi connectivity index (χ3n) is 3.13. The van der Waals surface area contributed by atoms with Gasteiger partial charge in [0.1, 0.15) is 5.75 Å². The third-order valence-corrected chi connectivity index (χ3v) is 4.78. The summed E-state index contributed by atoms with van der Waals surface area (Å²) in [6.45, 7) is 0.0947. The molecule has 0 fully saturated rings. The lowest BCUT2D eigenvalue weighted by Gasteiger charge is -2.10. The quantitative estimate of drug-likeness (QED) is 0.828. The molecule has 2 aromatic carbocycles. The number of halogens is 1. The molecule has 0 saturated carbocycles. The number of rotatable bonds is 6. The van der Waals surface area contributed by atoms with Gasteiger partial charge in [0.25, 0.3) is 5.91 Å². The summed E-state index contributed by atoms with van der Waals surface area (Å²) in [5.41, 5.74) is 5.99. The van der Waals surface area contributed by atoms with E-state index in [1.54, 1.807) is 24.3 Å². The number of hydrogen-bond acceptors (Lipinski definition) is 4. The number of ether oxygens (including phenoxy) is 1. The first kappa shape index (κ1) is 17.3. The minimum atomic E-state index is -3.80. The SMILES string of the molecule is COc1ccc(S(=O)(=O)NCc2ccc(Cl)cc2)cc1C(N)=O. The Labute approximate surface area is 139 Å². The van der Waals surface area contributed by atoms with Crippen LogP contribution in [0.1, 0.15) is 15.9 Å². The smallest absolute Gasteiger partial charge is 0.252 e. The van der Waals surface area contributed by atoms with E-state index < -0.39 is 15.9 Å². The molecule has 0 aromatic heterocycles. The van der Waals surface area contributed by atoms with E-state index in [4.69, 9.17) is 22.1 Å². The predicted octanol–water partition coefficient (Wildman–Crippen LogP) is 1.93. The zero-order valence-corrected chi connectivity index (χ0v) is 13.8. The van der Waals surface area contributed by atoms with Gasteiger partial charge in [0.05, 0.1) is 17.6 Å². The van der Waals surface area contributed by atoms with Gasteiger partial charge >= 0.3 is 0 Å². The number of sulfonamides is 1. The summed E-state index contributed by atoms with van der Waals surface area (Å²) < 4.78 is 32.1. The average Bonchev–Trinajstić information content (AvgIpc) is 2.53. The Kier molecular flexibility index (Phi) is 5.25. The maximum atomic E-state index is 12.3. The van der Waals surface area contributed by atoms with E-state index in [1.807, 2.05) is 0 Å². The van der Waals surface area contributed by atoms with Crippen molar-refractivity contribution < 1.29 is 17.9 Å². The van der Waals surface area contributed by atoms with E-state index in [0.29, 0.717) is 5.02 Å². The number of hydrogen-bond donors (Lipinski definition) is 2. The van der Waals surface area contributed by atoms with Crippen LogP contribution in [0.2, 0.25) is 5.02 Å². The molecule has 2 rings (SSSR count). The fourth-order valence-electron chi connectivity index (χ4n) is 1.91. The van der Waals surface area contributed by atoms with Crippen LogP contribution in [0.3, 0.4) is 0 Å². The van der Waals surface area contributed by atoms with Crippen molar-refractivity contribution in [2.45, 2.75) is 11.4 Å². The highest BCUT2D eigenvalue weighted by atomic mass is 35.5. The molecule has 0 aliphatic rings. The van der Waals surface area contributed by atoms with Crippen LogP contribution < -0.4 is 15.2 Å². The summed E-state index contributed by atoms with van der Waals surface area (Å²) in [7, 11) is -2.43. The Hall–Kier alpha value is -2.09. The van der Waals surface area contributed by atoms with Gasteiger partial charge in [-0.05, 0) is 35.9 Å². The lowest BCUT2D eigenvalue weighted by atomic mass is 10.2. The summed E-state index contributed by atoms with van der Waals surface area (Å²) >= 11 is 5.78. The van der Waals surface area contributed by atoms with Crippen LogP contribution in [0.25, 0.3) is 0 Å². The van der Waals surface area contributed by atoms with Gasteiger partial charge in [-0.15, -0.1) is 0 Å². The summed E-state index contributed by atoms with van der Waals surface area (Å²) in [5, 5.41) is 0.567. The molecule has 23 heavy (non-hydrogen) atoms. The maximum Gasteiger partial charge on any atom is 0.252 e. The molecule has 122 valence electrons. The number of nitrogens with two attached hydrogens (primary N) is 1. The number of amides is 1. The van der Waals surface area contributed by atoms with Gasteiger partial charge in [-0.1, -0.05) is 23.7 Å². The topological polar surface area (TPSA) is 98.5 Å². The van der Waals surface area contributed by atoms with Crippen molar-refractivity contribution in [3.05, 3.63) is 58.6 Å². The van der Waals surface area contributed by atoms with Crippen LogP contribution in [0.15, 0.2) is 47.4 Å². The molecule has 0 bridgehead atoms. The van der Waals surface area contributed by atoms with Crippen LogP contribution in [0, 0.1) is 0 Å². The Bertz CT molecular complexity index is 820. The fourth-order valence-corrected chi connectivity index (χ4v) is 3.08. The number of carbonyl (C=O) groups is 1. The summed E-state index contributed by atoms with van der Waals surface area (Å²) in [6.07, 6.45) is 0. The molecule has 0 heterocycles. The summed E-state index contributed by atoms with van der Waals surface area (Å²) in [4.78, 5) is 11.3. The number of primary amides is 1. The lowest BCUT2D eigenvalue weighted by molar-refractivity contribution is 0.0997. The Morgan fingerprint density at radius 2 is 1.87 bits per heavy atom. The van der Waals surface area contributed by atoms with Crippen molar-refractivity contribution in [3.8, 4) is 5.75 Å². The molecule has 0 unspecified atom stereocenters. The van der Waals surface area contributed by atoms with Crippen molar-refractivity contribution in [2.75, 3.05) is 7.11 Å². The van der Waals surface area contributed by atoms with Gasteiger partial charge in [0, 0.05) is 11.6 Å². The highest BCUT2D eigenvalue weighted by molar-refractivity contribution is 7.89. The van der Waals surface area contributed by atoms with Gasteiger partial charge in [0.15, 0.2) is 0 Å². The van der Waals surface area contributed by atoms with Crippen LogP contribution in [0.5, 0.6) is 5.75 Å². The minimum Gasteiger partial charge on any atom is -0.496 e. The standard InChI is InChI=1S/C15H15ClN2O4S/c1-22-14-7-6-12(8-13(14)15(17)19)23(20,21)18-9-10-2-4-11(16)5-3-10/h2-8,18H,9H2,1H3,(H2,17,19). The van der Waals surface area contributed by atoms with Gasteiger partial charge in [-0.25, -0.2) is 13.1 Å². The molecule has 0 aliphatic heterocycles. The van der Waals surface area contributed by atoms with Gasteiger partial charge in [0.2, 0.25) is 10.0 Å². The van der Waals surface area contributed by atoms with Crippen molar-refractivity contribution in [3.63, 3.8) is 0 Å². The molecule has 8 heteroatoms. The van der Waals surface area contributed by atoms with Gasteiger partial charge < -0.3 is 10.5 Å². The normalized spacial score (nSPS) is 11.2. The first-order valence-corrected chi connectivity index (χ1v) is 8.41. The van der Waals surface area contributed by atoms with Crippen LogP contribution in [0.4, 0.5) is 0 Å². The van der Waals surface area contributed by atoms with E-state index >= 15 is 0 Å². The van der Waals surface area contributed by atoms with E-state index in [9.17, 15) is 13.2 Å². The molecular weight excluding hydrogens is 340 g/mol. The van der Waals surface area contributed by atoms with Crippen LogP contribution in [-0.4, -0.2) is 21.4 Å². The first-order chi connectivity index (χ1) is 10.8. The number of nitrogens with one attached hydrogen (secondary N) is 1.